The van der Waals surface area contributed by atoms with Gasteiger partial charge in [-0.2, -0.15) is 0 Å². The predicted octanol–water partition coefficient (Wildman–Crippen LogP) is 1.84. The number of nitrogens with one attached hydrogen (secondary N) is 1. The predicted molar refractivity (Wildman–Crippen MR) is 82.3 cm³/mol. The maximum Gasteiger partial charge on any atom is 0.254 e. The molecule has 0 saturated carbocycles. The molecule has 0 bridgehead atoms. The molecule has 1 N–H and O–H groups in total. The topological polar surface area (TPSA) is 50.8 Å². The number of ether oxygens (including phenoxy) is 2. The van der Waals surface area contributed by atoms with Crippen molar-refractivity contribution in [3.8, 4) is 11.5 Å². The number of methoxy groups -OCH3 is 2. The van der Waals surface area contributed by atoms with Crippen LogP contribution in [0.1, 0.15) is 28.8 Å². The van der Waals surface area contributed by atoms with Crippen LogP contribution in [-0.2, 0) is 0 Å². The largest absolute Gasteiger partial charge is 0.493 e. The molecule has 1 saturated heterocycles. The van der Waals surface area contributed by atoms with Gasteiger partial charge in [0.05, 0.1) is 14.2 Å². The van der Waals surface area contributed by atoms with Gasteiger partial charge in [0.25, 0.3) is 5.91 Å². The standard InChI is InChI=1S/C16H24N2O3/c1-11-8-14(20-3)15(21-4)9-13(11)16(19)18-7-5-6-12(18)10-17-2/h8-9,12,17H,5-7,10H2,1-4H3. The fourth-order valence-electron chi connectivity index (χ4n) is 2.92. The lowest BCUT2D eigenvalue weighted by Crippen LogP contribution is -2.41. The van der Waals surface area contributed by atoms with Crippen LogP contribution in [0.15, 0.2) is 12.1 Å². The van der Waals surface area contributed by atoms with Crippen LogP contribution in [0.4, 0.5) is 0 Å². The summed E-state index contributed by atoms with van der Waals surface area (Å²) < 4.78 is 10.6. The van der Waals surface area contributed by atoms with Crippen LogP contribution in [0.5, 0.6) is 11.5 Å². The highest BCUT2D eigenvalue weighted by Gasteiger charge is 2.30. The number of likely N-dealkylation sites (N-methyl/N-ethyl adjacent to an activating group) is 1. The number of benzene rings is 1. The summed E-state index contributed by atoms with van der Waals surface area (Å²) in [5.74, 6) is 1.32. The maximum absolute atomic E-state index is 12.8. The minimum Gasteiger partial charge on any atom is -0.493 e. The number of rotatable bonds is 5. The summed E-state index contributed by atoms with van der Waals surface area (Å²) in [6.07, 6.45) is 2.11. The summed E-state index contributed by atoms with van der Waals surface area (Å²) in [7, 11) is 5.10. The minimum absolute atomic E-state index is 0.0752. The van der Waals surface area contributed by atoms with Crippen molar-refractivity contribution in [3.63, 3.8) is 0 Å². The van der Waals surface area contributed by atoms with Gasteiger partial charge in [0.1, 0.15) is 0 Å². The lowest BCUT2D eigenvalue weighted by Gasteiger charge is -2.25. The molecule has 1 heterocycles. The van der Waals surface area contributed by atoms with Gasteiger partial charge in [0, 0.05) is 24.7 Å². The van der Waals surface area contributed by atoms with E-state index in [4.69, 9.17) is 9.47 Å². The van der Waals surface area contributed by atoms with Crippen LogP contribution in [0.3, 0.4) is 0 Å². The maximum atomic E-state index is 12.8. The molecule has 21 heavy (non-hydrogen) atoms. The van der Waals surface area contributed by atoms with Crippen molar-refractivity contribution in [1.29, 1.82) is 0 Å². The summed E-state index contributed by atoms with van der Waals surface area (Å²) in [5.41, 5.74) is 1.60. The Morgan fingerprint density at radius 1 is 1.33 bits per heavy atom. The second-order valence-corrected chi connectivity index (χ2v) is 5.37. The third-order valence-corrected chi connectivity index (χ3v) is 4.04. The lowest BCUT2D eigenvalue weighted by molar-refractivity contribution is 0.0736. The average Bonchev–Trinajstić information content (AvgIpc) is 2.94. The van der Waals surface area contributed by atoms with Crippen LogP contribution in [0.25, 0.3) is 0 Å². The van der Waals surface area contributed by atoms with Gasteiger partial charge < -0.3 is 19.7 Å². The monoisotopic (exact) mass is 292 g/mol. The number of aryl methyl sites for hydroxylation is 1. The normalized spacial score (nSPS) is 17.9. The van der Waals surface area contributed by atoms with Crippen LogP contribution in [0, 0.1) is 6.92 Å². The van der Waals surface area contributed by atoms with Gasteiger partial charge >= 0.3 is 0 Å². The van der Waals surface area contributed by atoms with Crippen molar-refractivity contribution in [2.75, 3.05) is 34.4 Å². The summed E-state index contributed by atoms with van der Waals surface area (Å²) in [4.78, 5) is 14.8. The van der Waals surface area contributed by atoms with Crippen molar-refractivity contribution in [1.82, 2.24) is 10.2 Å². The zero-order valence-corrected chi connectivity index (χ0v) is 13.2. The Morgan fingerprint density at radius 2 is 2.00 bits per heavy atom. The highest BCUT2D eigenvalue weighted by molar-refractivity contribution is 5.96. The Labute approximate surface area is 126 Å². The molecule has 1 amide bonds. The Balaban J connectivity index is 2.30. The van der Waals surface area contributed by atoms with E-state index < -0.39 is 0 Å². The highest BCUT2D eigenvalue weighted by atomic mass is 16.5. The smallest absolute Gasteiger partial charge is 0.254 e. The molecule has 1 fully saturated rings. The number of nitrogens with zero attached hydrogens (tertiary/aromatic N) is 1. The second-order valence-electron chi connectivity index (χ2n) is 5.37. The Morgan fingerprint density at radius 3 is 2.62 bits per heavy atom. The summed E-state index contributed by atoms with van der Waals surface area (Å²) >= 11 is 0. The third-order valence-electron chi connectivity index (χ3n) is 4.04. The summed E-state index contributed by atoms with van der Waals surface area (Å²) in [6, 6.07) is 3.91. The van der Waals surface area contributed by atoms with E-state index in [1.807, 2.05) is 24.9 Å². The molecule has 2 rings (SSSR count). The van der Waals surface area contributed by atoms with Gasteiger partial charge in [0.15, 0.2) is 11.5 Å². The molecule has 1 atom stereocenters. The molecule has 1 aromatic carbocycles. The van der Waals surface area contributed by atoms with Crippen molar-refractivity contribution in [3.05, 3.63) is 23.3 Å². The quantitative estimate of drug-likeness (QED) is 0.899. The van der Waals surface area contributed by atoms with Gasteiger partial charge in [-0.25, -0.2) is 0 Å². The summed E-state index contributed by atoms with van der Waals surface area (Å²) in [5, 5.41) is 3.16. The van der Waals surface area contributed by atoms with Gasteiger partial charge in [0.2, 0.25) is 0 Å². The molecule has 0 aromatic heterocycles. The van der Waals surface area contributed by atoms with E-state index in [0.29, 0.717) is 17.1 Å². The number of hydrogen-bond acceptors (Lipinski definition) is 4. The molecule has 0 aliphatic carbocycles. The minimum atomic E-state index is 0.0752. The molecule has 1 aliphatic rings. The third kappa shape index (κ3) is 3.13. The first kappa shape index (κ1) is 15.6. The first-order chi connectivity index (χ1) is 10.1. The summed E-state index contributed by atoms with van der Waals surface area (Å²) in [6.45, 7) is 3.58. The molecule has 116 valence electrons. The highest BCUT2D eigenvalue weighted by Crippen LogP contribution is 2.31. The average molecular weight is 292 g/mol. The van der Waals surface area contributed by atoms with Crippen molar-refractivity contribution in [2.24, 2.45) is 0 Å². The molecular weight excluding hydrogens is 268 g/mol. The van der Waals surface area contributed by atoms with E-state index in [9.17, 15) is 4.79 Å². The second kappa shape index (κ2) is 6.80. The Bertz CT molecular complexity index is 516. The number of amides is 1. The molecule has 0 spiro atoms. The fraction of sp³-hybridized carbons (Fsp3) is 0.562. The number of hydrogen-bond donors (Lipinski definition) is 1. The molecule has 5 heteroatoms. The lowest BCUT2D eigenvalue weighted by atomic mass is 10.1. The number of likely N-dealkylation sites (tertiary alicyclic amines) is 1. The Hall–Kier alpha value is -1.75. The zero-order valence-electron chi connectivity index (χ0n) is 13.2. The van der Waals surface area contributed by atoms with Crippen LogP contribution >= 0.6 is 0 Å². The van der Waals surface area contributed by atoms with Crippen LogP contribution < -0.4 is 14.8 Å². The molecule has 5 nitrogen and oxygen atoms in total. The van der Waals surface area contributed by atoms with Crippen molar-refractivity contribution in [2.45, 2.75) is 25.8 Å². The molecule has 0 radical (unpaired) electrons. The van der Waals surface area contributed by atoms with Crippen molar-refractivity contribution < 1.29 is 14.3 Å². The molecule has 1 unspecified atom stereocenters. The zero-order chi connectivity index (χ0) is 15.4. The van der Waals surface area contributed by atoms with E-state index in [1.165, 1.54) is 0 Å². The SMILES string of the molecule is CNCC1CCCN1C(=O)c1cc(OC)c(OC)cc1C. The fourth-order valence-corrected chi connectivity index (χ4v) is 2.92. The van der Waals surface area contributed by atoms with Gasteiger partial charge in [-0.05, 0) is 44.5 Å². The van der Waals surface area contributed by atoms with E-state index in [2.05, 4.69) is 5.32 Å². The first-order valence-corrected chi connectivity index (χ1v) is 7.30. The van der Waals surface area contributed by atoms with E-state index in [-0.39, 0.29) is 11.9 Å². The van der Waals surface area contributed by atoms with E-state index in [1.54, 1.807) is 20.3 Å². The first-order valence-electron chi connectivity index (χ1n) is 7.30. The van der Waals surface area contributed by atoms with Gasteiger partial charge in [-0.3, -0.25) is 4.79 Å². The number of carbonyl (C=O) groups is 1. The van der Waals surface area contributed by atoms with E-state index in [0.717, 1.165) is 31.5 Å². The molecule has 1 aromatic rings. The van der Waals surface area contributed by atoms with Gasteiger partial charge in [-0.15, -0.1) is 0 Å². The van der Waals surface area contributed by atoms with Crippen molar-refractivity contribution >= 4 is 5.91 Å². The molecule has 1 aliphatic heterocycles. The molecular formula is C16H24N2O3. The van der Waals surface area contributed by atoms with Crippen LogP contribution in [-0.4, -0.2) is 51.2 Å². The van der Waals surface area contributed by atoms with Crippen LogP contribution in [0.2, 0.25) is 0 Å². The van der Waals surface area contributed by atoms with Gasteiger partial charge in [-0.1, -0.05) is 0 Å². The Kier molecular flexibility index (Phi) is 5.07. The number of carbonyl (C=O) groups excluding carboxylic acids is 1. The van der Waals surface area contributed by atoms with E-state index >= 15 is 0 Å².